The van der Waals surface area contributed by atoms with Crippen LogP contribution in [0.3, 0.4) is 0 Å². The number of rotatable bonds is 12. The van der Waals surface area contributed by atoms with Crippen LogP contribution in [-0.4, -0.2) is 70.0 Å². The molecular formula is C23H47NO9Si2. The molecule has 10 nitrogen and oxygen atoms in total. The number of amides is 1. The predicted octanol–water partition coefficient (Wildman–Crippen LogP) is 4.14. The summed E-state index contributed by atoms with van der Waals surface area (Å²) in [5, 5.41) is 17.6. The Labute approximate surface area is 212 Å². The standard InChI is InChI=1S/C12H24O5Si.C11H23NO4Si/c1-12(2,3)18(5,6)17-9(7-10(13)14)8-11(15)16-4;1-11(2,3)17(4,5)16-8(6-9(12)13)7-10(14)15/h9H,7-8H2,1-6H3,(H,13,14);8H,6-7H2,1-5H3,(H2,12,13)(H,14,15)/t9-;8-/m10/s1. The Morgan fingerprint density at radius 1 is 0.714 bits per heavy atom. The van der Waals surface area contributed by atoms with Crippen molar-refractivity contribution < 1.29 is 43.0 Å². The highest BCUT2D eigenvalue weighted by Gasteiger charge is 2.41. The molecule has 0 rings (SSSR count). The molecule has 0 aliphatic rings. The summed E-state index contributed by atoms with van der Waals surface area (Å²) in [4.78, 5) is 43.7. The minimum Gasteiger partial charge on any atom is -0.481 e. The molecule has 0 saturated carbocycles. The van der Waals surface area contributed by atoms with Gasteiger partial charge in [0.25, 0.3) is 0 Å². The van der Waals surface area contributed by atoms with Crippen molar-refractivity contribution in [2.45, 2.75) is 116 Å². The van der Waals surface area contributed by atoms with Crippen LogP contribution in [0, 0.1) is 0 Å². The van der Waals surface area contributed by atoms with Crippen LogP contribution < -0.4 is 5.73 Å². The molecule has 0 aromatic heterocycles. The maximum absolute atomic E-state index is 11.3. The number of carbonyl (C=O) groups is 4. The molecule has 0 saturated heterocycles. The first kappa shape index (κ1) is 35.4. The van der Waals surface area contributed by atoms with E-state index in [0.29, 0.717) is 0 Å². The second-order valence-corrected chi connectivity index (χ2v) is 21.2. The molecule has 0 aromatic carbocycles. The third kappa shape index (κ3) is 15.1. The molecule has 12 heteroatoms. The maximum atomic E-state index is 11.3. The van der Waals surface area contributed by atoms with Crippen molar-refractivity contribution in [2.24, 2.45) is 5.73 Å². The summed E-state index contributed by atoms with van der Waals surface area (Å²) >= 11 is 0. The Balaban J connectivity index is 0. The van der Waals surface area contributed by atoms with Crippen LogP contribution in [0.1, 0.15) is 67.2 Å². The number of hydrogen-bond donors (Lipinski definition) is 3. The summed E-state index contributed by atoms with van der Waals surface area (Å²) < 4.78 is 16.4. The molecule has 0 aliphatic heterocycles. The van der Waals surface area contributed by atoms with E-state index in [9.17, 15) is 19.2 Å². The number of carboxylic acid groups (broad SMARTS) is 2. The first-order valence-corrected chi connectivity index (χ1v) is 17.4. The zero-order valence-corrected chi connectivity index (χ0v) is 25.3. The highest BCUT2D eigenvalue weighted by atomic mass is 28.4. The lowest BCUT2D eigenvalue weighted by atomic mass is 10.2. The van der Waals surface area contributed by atoms with Gasteiger partial charge in [0.2, 0.25) is 5.91 Å². The lowest BCUT2D eigenvalue weighted by Crippen LogP contribution is -2.45. The van der Waals surface area contributed by atoms with Crippen LogP contribution in [-0.2, 0) is 32.8 Å². The Morgan fingerprint density at radius 3 is 1.26 bits per heavy atom. The first-order valence-electron chi connectivity index (χ1n) is 11.6. The van der Waals surface area contributed by atoms with Gasteiger partial charge >= 0.3 is 17.9 Å². The van der Waals surface area contributed by atoms with Crippen molar-refractivity contribution in [1.82, 2.24) is 0 Å². The first-order chi connectivity index (χ1) is 15.4. The Bertz CT molecular complexity index is 709. The van der Waals surface area contributed by atoms with Crippen LogP contribution in [0.25, 0.3) is 0 Å². The minimum absolute atomic E-state index is 0.0185. The average molecular weight is 538 g/mol. The minimum atomic E-state index is -2.09. The van der Waals surface area contributed by atoms with Gasteiger partial charge < -0.3 is 29.5 Å². The third-order valence-electron chi connectivity index (χ3n) is 6.39. The Kier molecular flexibility index (Phi) is 14.3. The van der Waals surface area contributed by atoms with E-state index < -0.39 is 52.7 Å². The molecule has 0 aliphatic carbocycles. The van der Waals surface area contributed by atoms with Crippen molar-refractivity contribution in [2.75, 3.05) is 7.11 Å². The van der Waals surface area contributed by atoms with Crippen molar-refractivity contribution in [3.8, 4) is 0 Å². The van der Waals surface area contributed by atoms with Crippen molar-refractivity contribution >= 4 is 40.4 Å². The van der Waals surface area contributed by atoms with E-state index in [4.69, 9.17) is 24.8 Å². The number of ether oxygens (including phenoxy) is 1. The molecule has 0 fully saturated rings. The fourth-order valence-corrected chi connectivity index (χ4v) is 5.09. The molecule has 0 spiro atoms. The molecule has 0 aromatic rings. The van der Waals surface area contributed by atoms with Gasteiger partial charge in [0.05, 0.1) is 45.0 Å². The quantitative estimate of drug-likeness (QED) is 0.245. The molecule has 2 atom stereocenters. The summed E-state index contributed by atoms with van der Waals surface area (Å²) in [5.41, 5.74) is 5.10. The number of esters is 1. The van der Waals surface area contributed by atoms with Gasteiger partial charge in [-0.1, -0.05) is 41.5 Å². The molecule has 206 valence electrons. The molecule has 0 heterocycles. The van der Waals surface area contributed by atoms with E-state index in [0.717, 1.165) is 0 Å². The molecule has 0 bridgehead atoms. The number of carboxylic acids is 2. The molecular weight excluding hydrogens is 490 g/mol. The van der Waals surface area contributed by atoms with Crippen LogP contribution in [0.4, 0.5) is 0 Å². The van der Waals surface area contributed by atoms with Gasteiger partial charge in [-0.3, -0.25) is 19.2 Å². The highest BCUT2D eigenvalue weighted by Crippen LogP contribution is 2.38. The molecule has 0 radical (unpaired) electrons. The fourth-order valence-electron chi connectivity index (χ4n) is 2.38. The highest BCUT2D eigenvalue weighted by molar-refractivity contribution is 6.74. The molecule has 0 unspecified atom stereocenters. The van der Waals surface area contributed by atoms with E-state index in [1.165, 1.54) is 7.11 Å². The van der Waals surface area contributed by atoms with Gasteiger partial charge in [0.1, 0.15) is 0 Å². The SMILES string of the molecule is CC(C)(C)[Si](C)(C)O[C@@H](CC(N)=O)CC(=O)O.COC(=O)C[C@@H](CC(=O)O)O[Si](C)(C)C(C)(C)C. The number of aliphatic carboxylic acids is 2. The third-order valence-corrected chi connectivity index (χ3v) is 15.5. The predicted molar refractivity (Wildman–Crippen MR) is 139 cm³/mol. The Hall–Kier alpha value is -1.77. The van der Waals surface area contributed by atoms with Gasteiger partial charge in [-0.05, 0) is 36.3 Å². The van der Waals surface area contributed by atoms with Gasteiger partial charge in [-0.15, -0.1) is 0 Å². The fraction of sp³-hybridized carbons (Fsp3) is 0.826. The van der Waals surface area contributed by atoms with Gasteiger partial charge in [-0.25, -0.2) is 0 Å². The molecule has 4 N–H and O–H groups in total. The molecule has 35 heavy (non-hydrogen) atoms. The number of nitrogens with two attached hydrogens (primary N) is 1. The van der Waals surface area contributed by atoms with E-state index in [2.05, 4.69) is 46.3 Å². The summed E-state index contributed by atoms with van der Waals surface area (Å²) in [6.07, 6.45) is -1.66. The van der Waals surface area contributed by atoms with E-state index in [-0.39, 0.29) is 35.8 Å². The van der Waals surface area contributed by atoms with Crippen molar-refractivity contribution in [1.29, 1.82) is 0 Å². The topological polar surface area (TPSA) is 162 Å². The van der Waals surface area contributed by atoms with Crippen LogP contribution >= 0.6 is 0 Å². The summed E-state index contributed by atoms with van der Waals surface area (Å²) in [5.74, 6) is -2.92. The smallest absolute Gasteiger partial charge is 0.308 e. The maximum Gasteiger partial charge on any atom is 0.308 e. The zero-order chi connectivity index (χ0) is 28.4. The molecule has 1 amide bonds. The number of methoxy groups -OCH3 is 1. The largest absolute Gasteiger partial charge is 0.481 e. The number of carbonyl (C=O) groups excluding carboxylic acids is 2. The lowest BCUT2D eigenvalue weighted by Gasteiger charge is -2.38. The van der Waals surface area contributed by atoms with Crippen LogP contribution in [0.5, 0.6) is 0 Å². The lowest BCUT2D eigenvalue weighted by molar-refractivity contribution is -0.145. The normalized spacial score (nSPS) is 14.3. The van der Waals surface area contributed by atoms with E-state index in [1.54, 1.807) is 0 Å². The zero-order valence-electron chi connectivity index (χ0n) is 23.3. The summed E-state index contributed by atoms with van der Waals surface area (Å²) in [6.45, 7) is 20.5. The van der Waals surface area contributed by atoms with Gasteiger partial charge in [0, 0.05) is 0 Å². The van der Waals surface area contributed by atoms with Crippen LogP contribution in [0.2, 0.25) is 36.3 Å². The van der Waals surface area contributed by atoms with Crippen molar-refractivity contribution in [3.63, 3.8) is 0 Å². The summed E-state index contributed by atoms with van der Waals surface area (Å²) in [7, 11) is -2.87. The Morgan fingerprint density at radius 2 is 1.03 bits per heavy atom. The van der Waals surface area contributed by atoms with E-state index >= 15 is 0 Å². The van der Waals surface area contributed by atoms with Gasteiger partial charge in [0.15, 0.2) is 16.6 Å². The monoisotopic (exact) mass is 537 g/mol. The average Bonchev–Trinajstić information content (AvgIpc) is 2.57. The number of hydrogen-bond acceptors (Lipinski definition) is 7. The summed E-state index contributed by atoms with van der Waals surface area (Å²) in [6, 6.07) is 0. The van der Waals surface area contributed by atoms with E-state index in [1.807, 2.05) is 26.2 Å². The van der Waals surface area contributed by atoms with Crippen LogP contribution in [0.15, 0.2) is 0 Å². The number of primary amides is 1. The second-order valence-electron chi connectivity index (χ2n) is 11.6. The van der Waals surface area contributed by atoms with Gasteiger partial charge in [-0.2, -0.15) is 0 Å². The van der Waals surface area contributed by atoms with Crippen molar-refractivity contribution in [3.05, 3.63) is 0 Å². The second kappa shape index (κ2) is 14.1.